The molecule has 0 amide bonds. The third kappa shape index (κ3) is 6.66. The summed E-state index contributed by atoms with van der Waals surface area (Å²) < 4.78 is 75.9. The average molecular weight is 734 g/mol. The summed E-state index contributed by atoms with van der Waals surface area (Å²) in [6.45, 7) is 0. The molecular formula is C56H39N. The van der Waals surface area contributed by atoms with Crippen LogP contribution in [0.25, 0.3) is 77.2 Å². The maximum atomic E-state index is 9.89. The fourth-order valence-electron chi connectivity index (χ4n) is 7.63. The van der Waals surface area contributed by atoms with Crippen LogP contribution in [0, 0.1) is 0 Å². The van der Waals surface area contributed by atoms with Crippen molar-refractivity contribution in [2.24, 2.45) is 0 Å². The molecule has 0 fully saturated rings. The number of anilines is 3. The van der Waals surface area contributed by atoms with Crippen molar-refractivity contribution >= 4 is 38.6 Å². The maximum absolute atomic E-state index is 9.89. The Hall–Kier alpha value is -7.48. The van der Waals surface area contributed by atoms with Crippen LogP contribution >= 0.6 is 0 Å². The van der Waals surface area contributed by atoms with Crippen LogP contribution in [0.15, 0.2) is 236 Å². The van der Waals surface area contributed by atoms with E-state index in [1.807, 2.05) is 121 Å². The summed E-state index contributed by atoms with van der Waals surface area (Å²) in [5, 5.41) is 3.72. The van der Waals surface area contributed by atoms with Crippen molar-refractivity contribution in [2.75, 3.05) is 4.90 Å². The first-order valence-corrected chi connectivity index (χ1v) is 18.9. The highest BCUT2D eigenvalue weighted by molar-refractivity contribution is 6.04. The van der Waals surface area contributed by atoms with E-state index < -0.39 is 12.1 Å². The monoisotopic (exact) mass is 733 g/mol. The quantitative estimate of drug-likeness (QED) is 0.150. The highest BCUT2D eigenvalue weighted by Crippen LogP contribution is 2.42. The minimum absolute atomic E-state index is 0.111. The summed E-state index contributed by atoms with van der Waals surface area (Å²) in [6, 6.07) is 57.5. The summed E-state index contributed by atoms with van der Waals surface area (Å²) in [5.74, 6) is 0. The Morgan fingerprint density at radius 1 is 0.298 bits per heavy atom. The third-order valence-corrected chi connectivity index (χ3v) is 10.4. The van der Waals surface area contributed by atoms with Crippen molar-refractivity contribution in [1.82, 2.24) is 0 Å². The molecule has 0 saturated carbocycles. The van der Waals surface area contributed by atoms with Gasteiger partial charge in [-0.1, -0.05) is 200 Å². The van der Waals surface area contributed by atoms with Gasteiger partial charge in [-0.15, -0.1) is 0 Å². The molecule has 0 bridgehead atoms. The number of nitrogens with zero attached hydrogens (tertiary/aromatic N) is 1. The Kier molecular flexibility index (Phi) is 6.92. The molecule has 0 atom stereocenters. The molecule has 0 saturated heterocycles. The maximum Gasteiger partial charge on any atom is 0.0651 e. The molecular weight excluding hydrogens is 687 g/mol. The Morgan fingerprint density at radius 3 is 1.58 bits per heavy atom. The summed E-state index contributed by atoms with van der Waals surface area (Å²) in [4.78, 5) is 1.41. The van der Waals surface area contributed by atoms with Crippen LogP contribution in [-0.4, -0.2) is 0 Å². The van der Waals surface area contributed by atoms with Gasteiger partial charge < -0.3 is 4.90 Å². The SMILES string of the molecule is [2H]c1c([2H])c(-c2cccc3ccccc23)c([2H])c(N(c2ccc(-c3c(-c4ccccc4)ccc4ccccc34)cc2)c2c([2H])c([2H])c(-c3ccc(-c4ccccc4)cc3)c([2H])c2[2H])c1[2H]. The Labute approximate surface area is 345 Å². The van der Waals surface area contributed by atoms with E-state index in [1.165, 1.54) is 4.90 Å². The van der Waals surface area contributed by atoms with E-state index in [0.717, 1.165) is 54.9 Å². The number of hydrogen-bond acceptors (Lipinski definition) is 1. The van der Waals surface area contributed by atoms with Gasteiger partial charge in [0.25, 0.3) is 0 Å². The van der Waals surface area contributed by atoms with Crippen LogP contribution in [0.2, 0.25) is 0 Å². The lowest BCUT2D eigenvalue weighted by Crippen LogP contribution is -2.10. The molecule has 0 heterocycles. The molecule has 1 heteroatoms. The van der Waals surface area contributed by atoms with Gasteiger partial charge in [0.15, 0.2) is 0 Å². The fraction of sp³-hybridized carbons (Fsp3) is 0. The molecule has 0 aromatic heterocycles. The van der Waals surface area contributed by atoms with Crippen LogP contribution < -0.4 is 4.90 Å². The number of hydrogen-bond donors (Lipinski definition) is 0. The smallest absolute Gasteiger partial charge is 0.0651 e. The zero-order valence-corrected chi connectivity index (χ0v) is 30.8. The number of fused-ring (bicyclic) bond motifs is 2. The first-order valence-electron chi connectivity index (χ1n) is 22.9. The molecule has 1 nitrogen and oxygen atoms in total. The zero-order valence-electron chi connectivity index (χ0n) is 38.8. The zero-order chi connectivity index (χ0) is 44.9. The number of rotatable bonds is 8. The Bertz CT molecular complexity index is 3410. The molecule has 10 rings (SSSR count). The minimum Gasteiger partial charge on any atom is -0.310 e. The minimum atomic E-state index is -0.453. The molecule has 10 aromatic carbocycles. The standard InChI is InChI=1S/C56H39N/c1-3-13-40(14-4-1)41-25-27-42(28-26-41)43-29-34-49(35-30-43)57(51-21-11-20-48(39-51)53-24-12-19-44-17-7-9-22-52(44)53)50-36-31-47(32-37-50)56-54-23-10-8-18-46(54)33-38-55(56)45-15-5-2-6-16-45/h1-39H/i11D,20D,21D,29D,30D,34D,35D,39D. The lowest BCUT2D eigenvalue weighted by atomic mass is 9.89. The summed E-state index contributed by atoms with van der Waals surface area (Å²) in [5.41, 5.74) is 7.14. The predicted octanol–water partition coefficient (Wildman–Crippen LogP) is 15.8. The van der Waals surface area contributed by atoms with E-state index in [9.17, 15) is 11.0 Å². The molecule has 10 aromatic rings. The third-order valence-electron chi connectivity index (χ3n) is 10.4. The van der Waals surface area contributed by atoms with Crippen LogP contribution in [0.3, 0.4) is 0 Å². The highest BCUT2D eigenvalue weighted by atomic mass is 15.1. The lowest BCUT2D eigenvalue weighted by molar-refractivity contribution is 1.28. The molecule has 0 unspecified atom stereocenters. The fourth-order valence-corrected chi connectivity index (χ4v) is 7.63. The van der Waals surface area contributed by atoms with Gasteiger partial charge in [0.1, 0.15) is 0 Å². The first-order chi connectivity index (χ1) is 31.6. The van der Waals surface area contributed by atoms with Gasteiger partial charge in [-0.2, -0.15) is 0 Å². The van der Waals surface area contributed by atoms with Crippen molar-refractivity contribution in [3.05, 3.63) is 236 Å². The number of benzene rings is 10. The van der Waals surface area contributed by atoms with Gasteiger partial charge >= 0.3 is 0 Å². The summed E-state index contributed by atoms with van der Waals surface area (Å²) in [7, 11) is 0. The van der Waals surface area contributed by atoms with Gasteiger partial charge in [-0.3, -0.25) is 0 Å². The predicted molar refractivity (Wildman–Crippen MR) is 243 cm³/mol. The second-order valence-corrected chi connectivity index (χ2v) is 13.9. The highest BCUT2D eigenvalue weighted by Gasteiger charge is 2.17. The van der Waals surface area contributed by atoms with E-state index in [1.54, 1.807) is 30.3 Å². The van der Waals surface area contributed by atoms with Crippen molar-refractivity contribution in [3.8, 4) is 55.6 Å². The molecule has 0 N–H and O–H groups in total. The Morgan fingerprint density at radius 2 is 0.860 bits per heavy atom. The van der Waals surface area contributed by atoms with E-state index >= 15 is 0 Å². The molecule has 0 aliphatic carbocycles. The molecule has 0 radical (unpaired) electrons. The average Bonchev–Trinajstić information content (AvgIpc) is 3.35. The van der Waals surface area contributed by atoms with E-state index in [-0.39, 0.29) is 58.8 Å². The molecule has 0 spiro atoms. The topological polar surface area (TPSA) is 3.24 Å². The van der Waals surface area contributed by atoms with E-state index in [4.69, 9.17) is 0 Å². The Balaban J connectivity index is 1.21. The summed E-state index contributed by atoms with van der Waals surface area (Å²) >= 11 is 0. The second kappa shape index (κ2) is 15.0. The van der Waals surface area contributed by atoms with Crippen LogP contribution in [0.5, 0.6) is 0 Å². The molecule has 57 heavy (non-hydrogen) atoms. The van der Waals surface area contributed by atoms with E-state index in [0.29, 0.717) is 16.8 Å². The molecule has 0 aliphatic rings. The first kappa shape index (κ1) is 26.3. The summed E-state index contributed by atoms with van der Waals surface area (Å²) in [6.07, 6.45) is 0. The van der Waals surface area contributed by atoms with Gasteiger partial charge in [0.2, 0.25) is 0 Å². The van der Waals surface area contributed by atoms with Crippen LogP contribution in [-0.2, 0) is 0 Å². The van der Waals surface area contributed by atoms with Gasteiger partial charge in [-0.25, -0.2) is 0 Å². The molecule has 0 aliphatic heterocycles. The van der Waals surface area contributed by atoms with Crippen LogP contribution in [0.4, 0.5) is 17.1 Å². The van der Waals surface area contributed by atoms with Crippen molar-refractivity contribution in [1.29, 1.82) is 0 Å². The molecule has 268 valence electrons. The van der Waals surface area contributed by atoms with Gasteiger partial charge in [0, 0.05) is 17.1 Å². The van der Waals surface area contributed by atoms with Gasteiger partial charge in [0.05, 0.1) is 11.0 Å². The van der Waals surface area contributed by atoms with Crippen LogP contribution in [0.1, 0.15) is 11.0 Å². The largest absolute Gasteiger partial charge is 0.310 e. The van der Waals surface area contributed by atoms with Crippen molar-refractivity contribution in [2.45, 2.75) is 0 Å². The normalized spacial score (nSPS) is 13.1. The van der Waals surface area contributed by atoms with Gasteiger partial charge in [-0.05, 0) is 113 Å². The second-order valence-electron chi connectivity index (χ2n) is 13.9. The van der Waals surface area contributed by atoms with Crippen molar-refractivity contribution < 1.29 is 11.0 Å². The van der Waals surface area contributed by atoms with Crippen molar-refractivity contribution in [3.63, 3.8) is 0 Å². The lowest BCUT2D eigenvalue weighted by Gasteiger charge is -2.27. The van der Waals surface area contributed by atoms with E-state index in [2.05, 4.69) is 36.4 Å².